The number of rotatable bonds is 2. The topological polar surface area (TPSA) is 44.1 Å². The summed E-state index contributed by atoms with van der Waals surface area (Å²) in [6.07, 6.45) is 3.23. The Kier molecular flexibility index (Phi) is 3.64. The number of hydrogen-bond acceptors (Lipinski definition) is 2. The largest absolute Gasteiger partial charge is 0.345 e. The average Bonchev–Trinajstić information content (AvgIpc) is 2.26. The predicted octanol–water partition coefficient (Wildman–Crippen LogP) is 1.66. The summed E-state index contributed by atoms with van der Waals surface area (Å²) < 4.78 is 0. The van der Waals surface area contributed by atoms with Crippen molar-refractivity contribution in [2.75, 3.05) is 14.1 Å². The molecule has 0 saturated heterocycles. The van der Waals surface area contributed by atoms with E-state index in [-0.39, 0.29) is 5.91 Å². The molecule has 0 radical (unpaired) electrons. The highest BCUT2D eigenvalue weighted by Crippen LogP contribution is 2.05. The van der Waals surface area contributed by atoms with Crippen LogP contribution in [0, 0.1) is 11.3 Å². The smallest absolute Gasteiger partial charge is 0.246 e. The van der Waals surface area contributed by atoms with Crippen LogP contribution >= 0.6 is 0 Å². The van der Waals surface area contributed by atoms with Crippen LogP contribution in [0.1, 0.15) is 11.1 Å². The Labute approximate surface area is 89.2 Å². The lowest BCUT2D eigenvalue weighted by Gasteiger charge is -2.04. The highest BCUT2D eigenvalue weighted by Gasteiger charge is 1.96. The third-order valence-electron chi connectivity index (χ3n) is 1.90. The van der Waals surface area contributed by atoms with Crippen molar-refractivity contribution in [3.8, 4) is 6.07 Å². The molecule has 1 amide bonds. The van der Waals surface area contributed by atoms with Crippen molar-refractivity contribution in [2.24, 2.45) is 0 Å². The van der Waals surface area contributed by atoms with Crippen molar-refractivity contribution in [2.45, 2.75) is 0 Å². The van der Waals surface area contributed by atoms with Gasteiger partial charge in [-0.05, 0) is 23.8 Å². The van der Waals surface area contributed by atoms with Gasteiger partial charge in [-0.3, -0.25) is 4.79 Å². The van der Waals surface area contributed by atoms with E-state index in [1.54, 1.807) is 44.4 Å². The lowest BCUT2D eigenvalue weighted by molar-refractivity contribution is -0.123. The molecule has 1 rings (SSSR count). The first-order chi connectivity index (χ1) is 7.13. The molecule has 3 nitrogen and oxygen atoms in total. The Hall–Kier alpha value is -2.08. The fourth-order valence-electron chi connectivity index (χ4n) is 0.985. The fourth-order valence-corrected chi connectivity index (χ4v) is 0.985. The number of carbonyl (C=O) groups excluding carboxylic acids is 1. The van der Waals surface area contributed by atoms with Crippen LogP contribution < -0.4 is 0 Å². The molecule has 0 heterocycles. The number of likely N-dealkylation sites (N-methyl/N-ethyl adjacent to an activating group) is 1. The minimum absolute atomic E-state index is 0.0561. The van der Waals surface area contributed by atoms with Gasteiger partial charge in [0.1, 0.15) is 0 Å². The third-order valence-corrected chi connectivity index (χ3v) is 1.90. The molecule has 0 saturated carbocycles. The van der Waals surface area contributed by atoms with Gasteiger partial charge in [0.05, 0.1) is 11.6 Å². The van der Waals surface area contributed by atoms with Gasteiger partial charge in [0, 0.05) is 20.2 Å². The molecule has 0 bridgehead atoms. The van der Waals surface area contributed by atoms with Gasteiger partial charge < -0.3 is 4.90 Å². The Balaban J connectivity index is 2.74. The first kappa shape index (κ1) is 11.0. The summed E-state index contributed by atoms with van der Waals surface area (Å²) in [5.41, 5.74) is 1.52. The maximum absolute atomic E-state index is 11.2. The lowest BCUT2D eigenvalue weighted by atomic mass is 10.1. The molecule has 0 aromatic heterocycles. The van der Waals surface area contributed by atoms with Crippen LogP contribution in [-0.4, -0.2) is 24.9 Å². The molecule has 0 fully saturated rings. The Morgan fingerprint density at radius 1 is 1.33 bits per heavy atom. The Morgan fingerprint density at radius 2 is 1.93 bits per heavy atom. The molecule has 76 valence electrons. The molecular weight excluding hydrogens is 188 g/mol. The summed E-state index contributed by atoms with van der Waals surface area (Å²) in [4.78, 5) is 12.7. The minimum atomic E-state index is -0.0561. The van der Waals surface area contributed by atoms with Crippen molar-refractivity contribution in [3.63, 3.8) is 0 Å². The van der Waals surface area contributed by atoms with Gasteiger partial charge in [-0.1, -0.05) is 12.1 Å². The molecule has 15 heavy (non-hydrogen) atoms. The second-order valence-corrected chi connectivity index (χ2v) is 3.30. The van der Waals surface area contributed by atoms with Crippen LogP contribution in [0.25, 0.3) is 6.08 Å². The number of carbonyl (C=O) groups is 1. The lowest BCUT2D eigenvalue weighted by Crippen LogP contribution is -2.18. The summed E-state index contributed by atoms with van der Waals surface area (Å²) in [5.74, 6) is -0.0561. The maximum atomic E-state index is 11.2. The van der Waals surface area contributed by atoms with Crippen molar-refractivity contribution in [1.82, 2.24) is 4.90 Å². The van der Waals surface area contributed by atoms with E-state index in [0.29, 0.717) is 5.56 Å². The number of nitriles is 1. The number of benzene rings is 1. The summed E-state index contributed by atoms with van der Waals surface area (Å²) >= 11 is 0. The molecule has 0 aliphatic rings. The average molecular weight is 200 g/mol. The first-order valence-corrected chi connectivity index (χ1v) is 4.53. The maximum Gasteiger partial charge on any atom is 0.246 e. The molecule has 0 N–H and O–H groups in total. The molecule has 1 aromatic carbocycles. The van der Waals surface area contributed by atoms with Crippen LogP contribution in [0.3, 0.4) is 0 Å². The van der Waals surface area contributed by atoms with Crippen molar-refractivity contribution in [1.29, 1.82) is 5.26 Å². The van der Waals surface area contributed by atoms with Gasteiger partial charge >= 0.3 is 0 Å². The van der Waals surface area contributed by atoms with Crippen molar-refractivity contribution >= 4 is 12.0 Å². The molecule has 0 atom stereocenters. The standard InChI is InChI=1S/C12H12N2O/c1-14(2)12(15)8-7-10-3-5-11(9-13)6-4-10/h3-8H,1-2H3/b8-7+. The first-order valence-electron chi connectivity index (χ1n) is 4.53. The molecule has 0 unspecified atom stereocenters. The predicted molar refractivity (Wildman–Crippen MR) is 58.9 cm³/mol. The van der Waals surface area contributed by atoms with Crippen LogP contribution in [0.4, 0.5) is 0 Å². The molecule has 3 heteroatoms. The van der Waals surface area contributed by atoms with Crippen LogP contribution in [-0.2, 0) is 4.79 Å². The van der Waals surface area contributed by atoms with Gasteiger partial charge in [0.2, 0.25) is 5.91 Å². The molecule has 0 aliphatic carbocycles. The monoisotopic (exact) mass is 200 g/mol. The van der Waals surface area contributed by atoms with E-state index in [1.165, 1.54) is 11.0 Å². The zero-order valence-corrected chi connectivity index (χ0v) is 8.77. The summed E-state index contributed by atoms with van der Waals surface area (Å²) in [6, 6.07) is 9.09. The van der Waals surface area contributed by atoms with Gasteiger partial charge in [0.15, 0.2) is 0 Å². The van der Waals surface area contributed by atoms with E-state index in [1.807, 2.05) is 6.07 Å². The highest BCUT2D eigenvalue weighted by atomic mass is 16.2. The second kappa shape index (κ2) is 4.97. The van der Waals surface area contributed by atoms with Crippen LogP contribution in [0.2, 0.25) is 0 Å². The molecule has 0 spiro atoms. The van der Waals surface area contributed by atoms with E-state index in [0.717, 1.165) is 5.56 Å². The van der Waals surface area contributed by atoms with Gasteiger partial charge in [-0.25, -0.2) is 0 Å². The Morgan fingerprint density at radius 3 is 2.40 bits per heavy atom. The molecule has 0 aliphatic heterocycles. The molecular formula is C12H12N2O. The van der Waals surface area contributed by atoms with Gasteiger partial charge in [-0.2, -0.15) is 5.26 Å². The Bertz CT molecular complexity index is 410. The quantitative estimate of drug-likeness (QED) is 0.681. The zero-order chi connectivity index (χ0) is 11.3. The normalized spacial score (nSPS) is 9.93. The van der Waals surface area contributed by atoms with Crippen molar-refractivity contribution in [3.05, 3.63) is 41.5 Å². The van der Waals surface area contributed by atoms with Crippen molar-refractivity contribution < 1.29 is 4.79 Å². The number of hydrogen-bond donors (Lipinski definition) is 0. The van der Waals surface area contributed by atoms with E-state index in [2.05, 4.69) is 0 Å². The van der Waals surface area contributed by atoms with Crippen LogP contribution in [0.5, 0.6) is 0 Å². The van der Waals surface area contributed by atoms with E-state index in [4.69, 9.17) is 5.26 Å². The highest BCUT2D eigenvalue weighted by molar-refractivity contribution is 5.91. The summed E-state index contributed by atoms with van der Waals surface area (Å²) in [6.45, 7) is 0. The number of nitrogens with zero attached hydrogens (tertiary/aromatic N) is 2. The number of amides is 1. The van der Waals surface area contributed by atoms with E-state index in [9.17, 15) is 4.79 Å². The van der Waals surface area contributed by atoms with E-state index < -0.39 is 0 Å². The SMILES string of the molecule is CN(C)C(=O)/C=C/c1ccc(C#N)cc1. The molecule has 1 aromatic rings. The third kappa shape index (κ3) is 3.28. The fraction of sp³-hybridized carbons (Fsp3) is 0.167. The van der Waals surface area contributed by atoms with Gasteiger partial charge in [-0.15, -0.1) is 0 Å². The minimum Gasteiger partial charge on any atom is -0.345 e. The zero-order valence-electron chi connectivity index (χ0n) is 8.77. The second-order valence-electron chi connectivity index (χ2n) is 3.30. The summed E-state index contributed by atoms with van der Waals surface area (Å²) in [5, 5.41) is 8.59. The van der Waals surface area contributed by atoms with Gasteiger partial charge in [0.25, 0.3) is 0 Å². The summed E-state index contributed by atoms with van der Waals surface area (Å²) in [7, 11) is 3.40. The van der Waals surface area contributed by atoms with E-state index >= 15 is 0 Å². The van der Waals surface area contributed by atoms with Crippen LogP contribution in [0.15, 0.2) is 30.3 Å².